The smallest absolute Gasteiger partial charge is 0.253 e. The van der Waals surface area contributed by atoms with E-state index >= 15 is 0 Å². The second kappa shape index (κ2) is 13.4. The van der Waals surface area contributed by atoms with Gasteiger partial charge in [0.2, 0.25) is 0 Å². The molecule has 0 fully saturated rings. The Hall–Kier alpha value is -4.81. The van der Waals surface area contributed by atoms with Crippen molar-refractivity contribution in [2.45, 2.75) is 31.1 Å². The molecule has 3 heterocycles. The summed E-state index contributed by atoms with van der Waals surface area (Å²) in [6, 6.07) is 24.7. The van der Waals surface area contributed by atoms with E-state index in [1.54, 1.807) is 34.1 Å². The molecule has 0 aliphatic carbocycles. The van der Waals surface area contributed by atoms with Crippen LogP contribution in [0.2, 0.25) is 0 Å². The van der Waals surface area contributed by atoms with Crippen LogP contribution < -0.4 is 10.1 Å². The number of nitrogens with zero attached hydrogens (tertiary/aromatic N) is 5. The Morgan fingerprint density at radius 1 is 1.04 bits per heavy atom. The number of rotatable bonds is 10. The molecular formula is C33H29FN6O3S2. The van der Waals surface area contributed by atoms with Crippen LogP contribution in [-0.2, 0) is 11.3 Å². The summed E-state index contributed by atoms with van der Waals surface area (Å²) in [5, 5.41) is 20.3. The maximum atomic E-state index is 13.8. The third-order valence-corrected chi connectivity index (χ3v) is 9.11. The van der Waals surface area contributed by atoms with Crippen LogP contribution in [0.15, 0.2) is 101 Å². The number of halogens is 1. The number of ether oxygens (including phenoxy) is 1. The summed E-state index contributed by atoms with van der Waals surface area (Å²) in [6.45, 7) is 2.04. The van der Waals surface area contributed by atoms with E-state index < -0.39 is 11.7 Å². The minimum absolute atomic E-state index is 0.00495. The van der Waals surface area contributed by atoms with Crippen molar-refractivity contribution in [3.05, 3.63) is 124 Å². The van der Waals surface area contributed by atoms with Gasteiger partial charge < -0.3 is 10.1 Å². The van der Waals surface area contributed by atoms with Crippen LogP contribution in [0.1, 0.15) is 44.6 Å². The molecule has 2 aromatic heterocycles. The quantitative estimate of drug-likeness (QED) is 0.183. The lowest BCUT2D eigenvalue weighted by atomic mass is 10.00. The predicted octanol–water partition coefficient (Wildman–Crippen LogP) is 6.18. The molecule has 1 aliphatic rings. The highest BCUT2D eigenvalue weighted by atomic mass is 32.2. The molecule has 0 saturated carbocycles. The van der Waals surface area contributed by atoms with E-state index in [0.717, 1.165) is 21.7 Å². The standard InChI is InChI=1S/C33H29FN6O3S2/c1-21-12-14-22(15-13-21)27-18-25(29-11-6-16-44-29)38-40(27)31(41)20-45-33-37-36-30(39(33)26-9-3-4-10-28(26)43-2)19-35-32(42)23-7-5-8-24(34)17-23/h3-17,27H,18-20H2,1-2H3,(H,35,42)/t27-/m1/s1. The Balaban J connectivity index is 1.26. The van der Waals surface area contributed by atoms with Gasteiger partial charge in [0.1, 0.15) is 11.6 Å². The monoisotopic (exact) mass is 640 g/mol. The maximum Gasteiger partial charge on any atom is 0.253 e. The fourth-order valence-electron chi connectivity index (χ4n) is 5.03. The number of aromatic nitrogens is 3. The number of nitrogens with one attached hydrogen (secondary N) is 1. The summed E-state index contributed by atoms with van der Waals surface area (Å²) in [5.41, 5.74) is 3.87. The topological polar surface area (TPSA) is 102 Å². The maximum absolute atomic E-state index is 13.8. The highest BCUT2D eigenvalue weighted by Crippen LogP contribution is 2.35. The molecule has 1 N–H and O–H groups in total. The van der Waals surface area contributed by atoms with Gasteiger partial charge in [-0.15, -0.1) is 21.5 Å². The second-order valence-electron chi connectivity index (χ2n) is 10.3. The number of thiophene rings is 1. The Morgan fingerprint density at radius 3 is 2.62 bits per heavy atom. The molecule has 12 heteroatoms. The normalized spacial score (nSPS) is 14.3. The summed E-state index contributed by atoms with van der Waals surface area (Å²) in [5.74, 6) is -0.107. The minimum Gasteiger partial charge on any atom is -0.495 e. The van der Waals surface area contributed by atoms with E-state index in [9.17, 15) is 14.0 Å². The summed E-state index contributed by atoms with van der Waals surface area (Å²) in [7, 11) is 1.56. The molecule has 228 valence electrons. The highest BCUT2D eigenvalue weighted by molar-refractivity contribution is 7.99. The van der Waals surface area contributed by atoms with Crippen molar-refractivity contribution in [1.29, 1.82) is 0 Å². The van der Waals surface area contributed by atoms with Crippen LogP contribution >= 0.6 is 23.1 Å². The summed E-state index contributed by atoms with van der Waals surface area (Å²) in [4.78, 5) is 27.6. The van der Waals surface area contributed by atoms with Gasteiger partial charge in [-0.3, -0.25) is 14.2 Å². The van der Waals surface area contributed by atoms with Crippen LogP contribution in [0.25, 0.3) is 5.69 Å². The number of thioether (sulfide) groups is 1. The Morgan fingerprint density at radius 2 is 1.87 bits per heavy atom. The van der Waals surface area contributed by atoms with Crippen molar-refractivity contribution in [3.8, 4) is 11.4 Å². The first-order valence-electron chi connectivity index (χ1n) is 14.2. The molecule has 0 radical (unpaired) electrons. The van der Waals surface area contributed by atoms with Crippen LogP contribution in [-0.4, -0.2) is 50.2 Å². The van der Waals surface area contributed by atoms with E-state index in [0.29, 0.717) is 28.8 Å². The van der Waals surface area contributed by atoms with E-state index in [1.807, 2.05) is 66.9 Å². The lowest BCUT2D eigenvalue weighted by Gasteiger charge is -2.22. The number of aryl methyl sites for hydroxylation is 1. The number of hydrogen-bond acceptors (Lipinski definition) is 8. The molecule has 0 spiro atoms. The lowest BCUT2D eigenvalue weighted by Crippen LogP contribution is -2.28. The molecule has 1 atom stereocenters. The van der Waals surface area contributed by atoms with Crippen molar-refractivity contribution in [2.24, 2.45) is 5.10 Å². The summed E-state index contributed by atoms with van der Waals surface area (Å²) >= 11 is 2.82. The minimum atomic E-state index is -0.502. The SMILES string of the molecule is COc1ccccc1-n1c(CNC(=O)c2cccc(F)c2)nnc1SCC(=O)N1N=C(c2cccs2)C[C@@H]1c1ccc(C)cc1. The fraction of sp³-hybridized carbons (Fsp3) is 0.182. The molecule has 5 aromatic rings. The molecule has 6 rings (SSSR count). The number of carbonyl (C=O) groups excluding carboxylic acids is 2. The zero-order valence-corrected chi connectivity index (χ0v) is 26.1. The van der Waals surface area contributed by atoms with Crippen molar-refractivity contribution >= 4 is 40.6 Å². The zero-order chi connectivity index (χ0) is 31.3. The first kappa shape index (κ1) is 30.2. The van der Waals surface area contributed by atoms with Gasteiger partial charge in [0.25, 0.3) is 11.8 Å². The largest absolute Gasteiger partial charge is 0.495 e. The first-order valence-corrected chi connectivity index (χ1v) is 16.0. The number of methoxy groups -OCH3 is 1. The van der Waals surface area contributed by atoms with Crippen LogP contribution in [0.4, 0.5) is 4.39 Å². The van der Waals surface area contributed by atoms with Crippen molar-refractivity contribution in [1.82, 2.24) is 25.1 Å². The van der Waals surface area contributed by atoms with Crippen molar-refractivity contribution in [2.75, 3.05) is 12.9 Å². The highest BCUT2D eigenvalue weighted by Gasteiger charge is 2.33. The lowest BCUT2D eigenvalue weighted by molar-refractivity contribution is -0.130. The van der Waals surface area contributed by atoms with Crippen LogP contribution in [0, 0.1) is 12.7 Å². The van der Waals surface area contributed by atoms with Gasteiger partial charge in [-0.25, -0.2) is 9.40 Å². The van der Waals surface area contributed by atoms with Gasteiger partial charge in [-0.05, 0) is 54.3 Å². The number of hydrazone groups is 1. The van der Waals surface area contributed by atoms with E-state index in [4.69, 9.17) is 9.84 Å². The molecular weight excluding hydrogens is 612 g/mol. The fourth-order valence-corrected chi connectivity index (χ4v) is 6.57. The zero-order valence-electron chi connectivity index (χ0n) is 24.5. The molecule has 0 unspecified atom stereocenters. The molecule has 9 nitrogen and oxygen atoms in total. The number of benzene rings is 3. The Labute approximate surface area is 267 Å². The van der Waals surface area contributed by atoms with Gasteiger partial charge in [-0.1, -0.05) is 65.9 Å². The van der Waals surface area contributed by atoms with Crippen LogP contribution in [0.5, 0.6) is 5.75 Å². The predicted molar refractivity (Wildman–Crippen MR) is 172 cm³/mol. The Kier molecular flexibility index (Phi) is 9.03. The van der Waals surface area contributed by atoms with E-state index in [2.05, 4.69) is 15.5 Å². The van der Waals surface area contributed by atoms with E-state index in [-0.39, 0.29) is 29.8 Å². The molecule has 3 aromatic carbocycles. The molecule has 45 heavy (non-hydrogen) atoms. The summed E-state index contributed by atoms with van der Waals surface area (Å²) in [6.07, 6.45) is 0.618. The van der Waals surface area contributed by atoms with Crippen molar-refractivity contribution < 1.29 is 18.7 Å². The second-order valence-corrected chi connectivity index (χ2v) is 12.2. The number of amides is 2. The van der Waals surface area contributed by atoms with E-state index in [1.165, 1.54) is 36.0 Å². The third kappa shape index (κ3) is 6.66. The first-order chi connectivity index (χ1) is 21.9. The number of carbonyl (C=O) groups is 2. The van der Waals surface area contributed by atoms with Gasteiger partial charge >= 0.3 is 0 Å². The molecule has 1 aliphatic heterocycles. The molecule has 0 saturated heterocycles. The number of para-hydroxylation sites is 2. The average Bonchev–Trinajstić information content (AvgIpc) is 3.83. The molecule has 2 amide bonds. The third-order valence-electron chi connectivity index (χ3n) is 7.28. The van der Waals surface area contributed by atoms with Crippen molar-refractivity contribution in [3.63, 3.8) is 0 Å². The molecule has 0 bridgehead atoms. The van der Waals surface area contributed by atoms with Gasteiger partial charge in [0.15, 0.2) is 11.0 Å². The summed E-state index contributed by atoms with van der Waals surface area (Å²) < 4.78 is 21.1. The van der Waals surface area contributed by atoms with Gasteiger partial charge in [0.05, 0.1) is 41.7 Å². The average molecular weight is 641 g/mol. The van der Waals surface area contributed by atoms with Gasteiger partial charge in [0, 0.05) is 12.0 Å². The Bertz CT molecular complexity index is 1860. The van der Waals surface area contributed by atoms with Gasteiger partial charge in [-0.2, -0.15) is 5.10 Å². The van der Waals surface area contributed by atoms with Crippen LogP contribution in [0.3, 0.4) is 0 Å². The number of hydrogen-bond donors (Lipinski definition) is 1.